The molecule has 2 rings (SSSR count). The Morgan fingerprint density at radius 2 is 2.17 bits per heavy atom. The molecule has 0 saturated heterocycles. The maximum absolute atomic E-state index is 11.3. The highest BCUT2D eigenvalue weighted by Crippen LogP contribution is 2.27. The standard InChI is InChI=1S/C9H6Cl2O/c10-6-1-2-7-5(3-6)4-8(11)9(7)12/h1-3,8H,4H2. The number of fused-ring (bicyclic) bond motifs is 1. The monoisotopic (exact) mass is 200 g/mol. The topological polar surface area (TPSA) is 17.1 Å². The van der Waals surface area contributed by atoms with Gasteiger partial charge in [-0.3, -0.25) is 4.79 Å². The van der Waals surface area contributed by atoms with Gasteiger partial charge in [-0.1, -0.05) is 11.6 Å². The molecule has 0 radical (unpaired) electrons. The second kappa shape index (κ2) is 2.75. The van der Waals surface area contributed by atoms with Crippen molar-refractivity contribution in [3.63, 3.8) is 0 Å². The van der Waals surface area contributed by atoms with Gasteiger partial charge in [0.05, 0.1) is 0 Å². The number of carbonyl (C=O) groups is 1. The zero-order valence-corrected chi connectivity index (χ0v) is 7.69. The number of benzene rings is 1. The molecule has 1 aliphatic carbocycles. The number of ketones is 1. The second-order valence-corrected chi connectivity index (χ2v) is 3.80. The van der Waals surface area contributed by atoms with E-state index < -0.39 is 5.38 Å². The Labute approximate surface area is 80.3 Å². The molecule has 0 N–H and O–H groups in total. The van der Waals surface area contributed by atoms with Gasteiger partial charge in [0.25, 0.3) is 0 Å². The summed E-state index contributed by atoms with van der Waals surface area (Å²) in [5.74, 6) is 0.0170. The van der Waals surface area contributed by atoms with Crippen LogP contribution in [0.3, 0.4) is 0 Å². The first-order chi connectivity index (χ1) is 5.68. The maximum atomic E-state index is 11.3. The molecule has 0 amide bonds. The number of hydrogen-bond donors (Lipinski definition) is 0. The maximum Gasteiger partial charge on any atom is 0.181 e. The smallest absolute Gasteiger partial charge is 0.181 e. The van der Waals surface area contributed by atoms with Crippen LogP contribution in [0.1, 0.15) is 15.9 Å². The van der Waals surface area contributed by atoms with Crippen LogP contribution in [0.2, 0.25) is 5.02 Å². The van der Waals surface area contributed by atoms with E-state index in [4.69, 9.17) is 23.2 Å². The van der Waals surface area contributed by atoms with Crippen LogP contribution in [0.15, 0.2) is 18.2 Å². The van der Waals surface area contributed by atoms with Crippen molar-refractivity contribution in [3.05, 3.63) is 34.3 Å². The van der Waals surface area contributed by atoms with Gasteiger partial charge in [-0.2, -0.15) is 0 Å². The first-order valence-electron chi connectivity index (χ1n) is 3.65. The predicted molar refractivity (Wildman–Crippen MR) is 49.1 cm³/mol. The van der Waals surface area contributed by atoms with Crippen LogP contribution >= 0.6 is 23.2 Å². The molecular weight excluding hydrogens is 195 g/mol. The Balaban J connectivity index is 2.54. The summed E-state index contributed by atoms with van der Waals surface area (Å²) in [7, 11) is 0. The van der Waals surface area contributed by atoms with E-state index >= 15 is 0 Å². The molecule has 1 atom stereocenters. The lowest BCUT2D eigenvalue weighted by atomic mass is 10.1. The Morgan fingerprint density at radius 3 is 2.92 bits per heavy atom. The van der Waals surface area contributed by atoms with Crippen LogP contribution in [0.25, 0.3) is 0 Å². The Hall–Kier alpha value is -0.530. The zero-order chi connectivity index (χ0) is 8.72. The molecular formula is C9H6Cl2O. The van der Waals surface area contributed by atoms with Gasteiger partial charge < -0.3 is 0 Å². The molecule has 0 bridgehead atoms. The quantitative estimate of drug-likeness (QED) is 0.589. The average molecular weight is 201 g/mol. The first kappa shape index (κ1) is 8.09. The van der Waals surface area contributed by atoms with E-state index in [9.17, 15) is 4.79 Å². The fourth-order valence-electron chi connectivity index (χ4n) is 1.43. The molecule has 3 heteroatoms. The van der Waals surface area contributed by atoms with Gasteiger partial charge in [0.1, 0.15) is 5.38 Å². The summed E-state index contributed by atoms with van der Waals surface area (Å²) in [6, 6.07) is 5.26. The van der Waals surface area contributed by atoms with E-state index in [-0.39, 0.29) is 5.78 Å². The zero-order valence-electron chi connectivity index (χ0n) is 6.18. The lowest BCUT2D eigenvalue weighted by Gasteiger charge is -1.95. The fourth-order valence-corrected chi connectivity index (χ4v) is 1.90. The number of alkyl halides is 1. The van der Waals surface area contributed by atoms with E-state index in [1.54, 1.807) is 18.2 Å². The van der Waals surface area contributed by atoms with E-state index in [2.05, 4.69) is 0 Å². The molecule has 0 aliphatic heterocycles. The molecule has 1 aromatic rings. The van der Waals surface area contributed by atoms with Crippen molar-refractivity contribution in [2.75, 3.05) is 0 Å². The van der Waals surface area contributed by atoms with E-state index in [1.807, 2.05) is 0 Å². The molecule has 0 spiro atoms. The van der Waals surface area contributed by atoms with Gasteiger partial charge in [0.15, 0.2) is 5.78 Å². The van der Waals surface area contributed by atoms with Crippen molar-refractivity contribution in [3.8, 4) is 0 Å². The van der Waals surface area contributed by atoms with Gasteiger partial charge in [-0.25, -0.2) is 0 Å². The van der Waals surface area contributed by atoms with Crippen LogP contribution in [-0.2, 0) is 6.42 Å². The van der Waals surface area contributed by atoms with Crippen LogP contribution in [0, 0.1) is 0 Å². The van der Waals surface area contributed by atoms with Gasteiger partial charge >= 0.3 is 0 Å². The molecule has 0 saturated carbocycles. The minimum absolute atomic E-state index is 0.0170. The number of rotatable bonds is 0. The average Bonchev–Trinajstić information content (AvgIpc) is 2.28. The minimum Gasteiger partial charge on any atom is -0.292 e. The van der Waals surface area contributed by atoms with Crippen LogP contribution < -0.4 is 0 Å². The molecule has 1 aliphatic rings. The van der Waals surface area contributed by atoms with Crippen LogP contribution in [0.5, 0.6) is 0 Å². The van der Waals surface area contributed by atoms with E-state index in [0.717, 1.165) is 11.1 Å². The predicted octanol–water partition coefficient (Wildman–Crippen LogP) is 2.69. The number of Topliss-reactive ketones (excluding diaryl/α,β-unsaturated/α-hetero) is 1. The van der Waals surface area contributed by atoms with Crippen molar-refractivity contribution in [1.82, 2.24) is 0 Å². The molecule has 0 aromatic heterocycles. The first-order valence-corrected chi connectivity index (χ1v) is 4.46. The summed E-state index contributed by atoms with van der Waals surface area (Å²) < 4.78 is 0. The van der Waals surface area contributed by atoms with Crippen molar-refractivity contribution in [1.29, 1.82) is 0 Å². The highest BCUT2D eigenvalue weighted by atomic mass is 35.5. The van der Waals surface area contributed by atoms with E-state index in [0.29, 0.717) is 11.4 Å². The molecule has 62 valence electrons. The third kappa shape index (κ3) is 1.13. The molecule has 1 nitrogen and oxygen atoms in total. The minimum atomic E-state index is -0.390. The lowest BCUT2D eigenvalue weighted by Crippen LogP contribution is -2.06. The highest BCUT2D eigenvalue weighted by Gasteiger charge is 2.28. The van der Waals surface area contributed by atoms with Gasteiger partial charge in [-0.15, -0.1) is 11.6 Å². The molecule has 12 heavy (non-hydrogen) atoms. The summed E-state index contributed by atoms with van der Waals surface area (Å²) >= 11 is 11.6. The summed E-state index contributed by atoms with van der Waals surface area (Å²) in [6.07, 6.45) is 0.607. The Morgan fingerprint density at radius 1 is 1.42 bits per heavy atom. The summed E-state index contributed by atoms with van der Waals surface area (Å²) in [5, 5.41) is 0.269. The summed E-state index contributed by atoms with van der Waals surface area (Å²) in [5.41, 5.74) is 1.69. The third-order valence-corrected chi connectivity index (χ3v) is 2.60. The van der Waals surface area contributed by atoms with Gasteiger partial charge in [0.2, 0.25) is 0 Å². The van der Waals surface area contributed by atoms with Crippen molar-refractivity contribution in [2.45, 2.75) is 11.8 Å². The second-order valence-electron chi connectivity index (χ2n) is 2.84. The summed E-state index contributed by atoms with van der Waals surface area (Å²) in [4.78, 5) is 11.3. The molecule has 0 fully saturated rings. The largest absolute Gasteiger partial charge is 0.292 e. The van der Waals surface area contributed by atoms with Crippen molar-refractivity contribution in [2.24, 2.45) is 0 Å². The van der Waals surface area contributed by atoms with Gasteiger partial charge in [0, 0.05) is 10.6 Å². The molecule has 1 unspecified atom stereocenters. The number of carbonyl (C=O) groups excluding carboxylic acids is 1. The van der Waals surface area contributed by atoms with Crippen molar-refractivity contribution < 1.29 is 4.79 Å². The van der Waals surface area contributed by atoms with Crippen LogP contribution in [-0.4, -0.2) is 11.2 Å². The van der Waals surface area contributed by atoms with Crippen molar-refractivity contribution >= 4 is 29.0 Å². The fraction of sp³-hybridized carbons (Fsp3) is 0.222. The SMILES string of the molecule is O=C1c2ccc(Cl)cc2CC1Cl. The number of halogens is 2. The third-order valence-electron chi connectivity index (χ3n) is 2.02. The molecule has 1 aromatic carbocycles. The van der Waals surface area contributed by atoms with Gasteiger partial charge in [-0.05, 0) is 30.2 Å². The molecule has 0 heterocycles. The lowest BCUT2D eigenvalue weighted by molar-refractivity contribution is 0.0998. The number of hydrogen-bond acceptors (Lipinski definition) is 1. The van der Waals surface area contributed by atoms with E-state index in [1.165, 1.54) is 0 Å². The summed E-state index contributed by atoms with van der Waals surface area (Å²) in [6.45, 7) is 0. The normalized spacial score (nSPS) is 21.2. The van der Waals surface area contributed by atoms with Crippen LogP contribution in [0.4, 0.5) is 0 Å². The Bertz CT molecular complexity index is 346. The highest BCUT2D eigenvalue weighted by molar-refractivity contribution is 6.36. The Kier molecular flexibility index (Phi) is 1.85.